The first-order valence-corrected chi connectivity index (χ1v) is 6.84. The van der Waals surface area contributed by atoms with Crippen LogP contribution in [0.4, 0.5) is 13.6 Å². The third kappa shape index (κ3) is 4.77. The van der Waals surface area contributed by atoms with Gasteiger partial charge in [0, 0.05) is 13.1 Å². The molecule has 5 nitrogen and oxygen atoms in total. The van der Waals surface area contributed by atoms with Crippen molar-refractivity contribution in [3.8, 4) is 0 Å². The maximum atomic E-state index is 13.8. The SMILES string of the molecule is C=C(C)C(O)C(F)(F)C(=O)C(CC)OC(=O)N(CC)CC. The molecule has 0 rings (SSSR count). The number of rotatable bonds is 8. The van der Waals surface area contributed by atoms with Gasteiger partial charge < -0.3 is 14.7 Å². The first kappa shape index (κ1) is 19.5. The summed E-state index contributed by atoms with van der Waals surface area (Å²) >= 11 is 0. The summed E-state index contributed by atoms with van der Waals surface area (Å²) in [6.07, 6.45) is -4.85. The quantitative estimate of drug-likeness (QED) is 0.699. The van der Waals surface area contributed by atoms with Crippen LogP contribution < -0.4 is 0 Å². The highest BCUT2D eigenvalue weighted by atomic mass is 19.3. The van der Waals surface area contributed by atoms with E-state index in [0.717, 1.165) is 0 Å². The van der Waals surface area contributed by atoms with E-state index in [1.165, 1.54) is 18.7 Å². The molecule has 0 spiro atoms. The Morgan fingerprint density at radius 1 is 1.29 bits per heavy atom. The van der Waals surface area contributed by atoms with E-state index in [-0.39, 0.29) is 12.0 Å². The van der Waals surface area contributed by atoms with Crippen molar-refractivity contribution in [3.63, 3.8) is 0 Å². The van der Waals surface area contributed by atoms with Crippen molar-refractivity contribution in [2.45, 2.75) is 52.2 Å². The Kier molecular flexibility index (Phi) is 7.49. The molecule has 2 unspecified atom stereocenters. The zero-order valence-electron chi connectivity index (χ0n) is 12.9. The third-order valence-corrected chi connectivity index (χ3v) is 3.07. The van der Waals surface area contributed by atoms with Crippen LogP contribution in [0.3, 0.4) is 0 Å². The van der Waals surface area contributed by atoms with Crippen molar-refractivity contribution in [1.29, 1.82) is 0 Å². The van der Waals surface area contributed by atoms with Crippen LogP contribution in [0, 0.1) is 0 Å². The van der Waals surface area contributed by atoms with Crippen LogP contribution >= 0.6 is 0 Å². The van der Waals surface area contributed by atoms with E-state index < -0.39 is 30.0 Å². The molecule has 0 fully saturated rings. The van der Waals surface area contributed by atoms with Gasteiger partial charge in [-0.05, 0) is 32.8 Å². The summed E-state index contributed by atoms with van der Waals surface area (Å²) in [5.41, 5.74) is -0.238. The molecule has 1 amide bonds. The highest BCUT2D eigenvalue weighted by molar-refractivity contribution is 5.92. The number of alkyl halides is 2. The summed E-state index contributed by atoms with van der Waals surface area (Å²) in [5.74, 6) is -5.67. The summed E-state index contributed by atoms with van der Waals surface area (Å²) in [6, 6.07) is 0. The molecule has 122 valence electrons. The topological polar surface area (TPSA) is 66.8 Å². The predicted molar refractivity (Wildman–Crippen MR) is 74.3 cm³/mol. The van der Waals surface area contributed by atoms with Crippen LogP contribution in [0.25, 0.3) is 0 Å². The molecule has 0 bridgehead atoms. The fourth-order valence-electron chi connectivity index (χ4n) is 1.66. The van der Waals surface area contributed by atoms with Gasteiger partial charge >= 0.3 is 12.0 Å². The summed E-state index contributed by atoms with van der Waals surface area (Å²) in [7, 11) is 0. The molecule has 21 heavy (non-hydrogen) atoms. The molecule has 0 aliphatic heterocycles. The standard InChI is InChI=1S/C14H23F2NO4/c1-6-10(21-13(20)17(7-2)8-3)12(19)14(15,16)11(18)9(4)5/h10-11,18H,4,6-8H2,1-3,5H3. The summed E-state index contributed by atoms with van der Waals surface area (Å²) in [4.78, 5) is 24.8. The summed E-state index contributed by atoms with van der Waals surface area (Å²) in [6.45, 7) is 9.92. The normalized spacial score (nSPS) is 14.2. The van der Waals surface area contributed by atoms with E-state index in [1.807, 2.05) is 0 Å². The van der Waals surface area contributed by atoms with Gasteiger partial charge in [-0.15, -0.1) is 0 Å². The maximum Gasteiger partial charge on any atom is 0.410 e. The number of Topliss-reactive ketones (excluding diaryl/α,β-unsaturated/α-hetero) is 1. The molecule has 0 aromatic carbocycles. The third-order valence-electron chi connectivity index (χ3n) is 3.07. The van der Waals surface area contributed by atoms with Crippen LogP contribution in [0.15, 0.2) is 12.2 Å². The Morgan fingerprint density at radius 3 is 2.10 bits per heavy atom. The second-order valence-corrected chi connectivity index (χ2v) is 4.69. The fraction of sp³-hybridized carbons (Fsp3) is 0.714. The lowest BCUT2D eigenvalue weighted by atomic mass is 9.98. The molecule has 0 aliphatic rings. The van der Waals surface area contributed by atoms with Crippen molar-refractivity contribution in [2.75, 3.05) is 13.1 Å². The zero-order chi connectivity index (χ0) is 16.8. The lowest BCUT2D eigenvalue weighted by Gasteiger charge is -2.27. The Labute approximate surface area is 123 Å². The van der Waals surface area contributed by atoms with Crippen LogP contribution in [0.2, 0.25) is 0 Å². The molecule has 2 atom stereocenters. The van der Waals surface area contributed by atoms with Gasteiger partial charge in [-0.25, -0.2) is 4.79 Å². The Bertz CT molecular complexity index is 394. The van der Waals surface area contributed by atoms with Crippen LogP contribution in [-0.2, 0) is 9.53 Å². The first-order valence-electron chi connectivity index (χ1n) is 6.84. The lowest BCUT2D eigenvalue weighted by molar-refractivity contribution is -0.165. The van der Waals surface area contributed by atoms with Gasteiger partial charge in [-0.3, -0.25) is 4.79 Å². The molecule has 0 radical (unpaired) electrons. The molecule has 0 saturated heterocycles. The number of hydrogen-bond acceptors (Lipinski definition) is 4. The summed E-state index contributed by atoms with van der Waals surface area (Å²) in [5, 5.41) is 9.38. The van der Waals surface area contributed by atoms with Gasteiger partial charge in [0.15, 0.2) is 6.10 Å². The molecule has 1 N–H and O–H groups in total. The van der Waals surface area contributed by atoms with Crippen LogP contribution in [0.1, 0.15) is 34.1 Å². The molecule has 0 saturated carbocycles. The van der Waals surface area contributed by atoms with Crippen LogP contribution in [0.5, 0.6) is 0 Å². The molecular weight excluding hydrogens is 284 g/mol. The number of amides is 1. The predicted octanol–water partition coefficient (Wildman–Crippen LogP) is 2.38. The van der Waals surface area contributed by atoms with Gasteiger partial charge in [0.25, 0.3) is 0 Å². The number of halogens is 2. The molecule has 0 heterocycles. The molecule has 0 aromatic heterocycles. The van der Waals surface area contributed by atoms with E-state index in [1.54, 1.807) is 13.8 Å². The Morgan fingerprint density at radius 2 is 1.76 bits per heavy atom. The van der Waals surface area contributed by atoms with E-state index in [4.69, 9.17) is 4.74 Å². The van der Waals surface area contributed by atoms with Crippen molar-refractivity contribution in [2.24, 2.45) is 0 Å². The van der Waals surface area contributed by atoms with Crippen molar-refractivity contribution >= 4 is 11.9 Å². The van der Waals surface area contributed by atoms with E-state index in [9.17, 15) is 23.5 Å². The number of carbonyl (C=O) groups excluding carboxylic acids is 2. The zero-order valence-corrected chi connectivity index (χ0v) is 12.9. The second kappa shape index (κ2) is 8.07. The minimum absolute atomic E-state index is 0.107. The van der Waals surface area contributed by atoms with Gasteiger partial charge in [-0.1, -0.05) is 13.5 Å². The number of hydrogen-bond donors (Lipinski definition) is 1. The molecular formula is C14H23F2NO4. The van der Waals surface area contributed by atoms with Crippen molar-refractivity contribution in [3.05, 3.63) is 12.2 Å². The number of aliphatic hydroxyl groups is 1. The maximum absolute atomic E-state index is 13.8. The molecule has 0 aliphatic carbocycles. The van der Waals surface area contributed by atoms with Gasteiger partial charge in [0.1, 0.15) is 6.10 Å². The van der Waals surface area contributed by atoms with Gasteiger partial charge in [-0.2, -0.15) is 8.78 Å². The van der Waals surface area contributed by atoms with Gasteiger partial charge in [0.05, 0.1) is 0 Å². The highest BCUT2D eigenvalue weighted by Gasteiger charge is 2.50. The Hall–Kier alpha value is -1.50. The smallest absolute Gasteiger partial charge is 0.410 e. The minimum Gasteiger partial charge on any atom is -0.438 e. The second-order valence-electron chi connectivity index (χ2n) is 4.69. The Balaban J connectivity index is 5.07. The lowest BCUT2D eigenvalue weighted by Crippen LogP contribution is -2.49. The van der Waals surface area contributed by atoms with Crippen LogP contribution in [-0.4, -0.2) is 53.1 Å². The van der Waals surface area contributed by atoms with E-state index >= 15 is 0 Å². The molecule has 7 heteroatoms. The van der Waals surface area contributed by atoms with E-state index in [2.05, 4.69) is 6.58 Å². The average Bonchev–Trinajstić information content (AvgIpc) is 2.44. The first-order chi connectivity index (χ1) is 9.63. The van der Waals surface area contributed by atoms with Crippen molar-refractivity contribution in [1.82, 2.24) is 4.90 Å². The van der Waals surface area contributed by atoms with Crippen molar-refractivity contribution < 1.29 is 28.2 Å². The van der Waals surface area contributed by atoms with E-state index in [0.29, 0.717) is 13.1 Å². The largest absolute Gasteiger partial charge is 0.438 e. The monoisotopic (exact) mass is 307 g/mol. The highest BCUT2D eigenvalue weighted by Crippen LogP contribution is 2.27. The average molecular weight is 307 g/mol. The fourth-order valence-corrected chi connectivity index (χ4v) is 1.66. The number of ketones is 1. The number of ether oxygens (including phenoxy) is 1. The molecule has 0 aromatic rings. The number of carbonyl (C=O) groups is 2. The minimum atomic E-state index is -4.05. The summed E-state index contributed by atoms with van der Waals surface area (Å²) < 4.78 is 32.5. The number of nitrogens with zero attached hydrogens (tertiary/aromatic N) is 1. The van der Waals surface area contributed by atoms with Gasteiger partial charge in [0.2, 0.25) is 5.78 Å². The number of aliphatic hydroxyl groups excluding tert-OH is 1.